The minimum Gasteiger partial charge on any atom is -0.393 e. The Morgan fingerprint density at radius 3 is 2.36 bits per heavy atom. The number of aliphatic hydroxyl groups excluding tert-OH is 1. The molecule has 1 nitrogen and oxygen atoms in total. The first-order chi connectivity index (χ1) is 13.3. The van der Waals surface area contributed by atoms with E-state index in [4.69, 9.17) is 0 Å². The van der Waals surface area contributed by atoms with Crippen LogP contribution in [0.5, 0.6) is 0 Å². The fourth-order valence-electron chi connectivity index (χ4n) is 8.84. The van der Waals surface area contributed by atoms with Crippen LogP contribution in [-0.4, -0.2) is 11.2 Å². The highest BCUT2D eigenvalue weighted by Crippen LogP contribution is 2.68. The average molecular weight is 387 g/mol. The van der Waals surface area contributed by atoms with Crippen LogP contribution in [0.3, 0.4) is 0 Å². The van der Waals surface area contributed by atoms with Gasteiger partial charge in [-0.2, -0.15) is 0 Å². The SMILES string of the molecule is CC(C)C/C=C/[C@H](C)[C@H]1CC[C@H]2[C@@H]3CC[C@H]4C[C@@H](O)CC[C@@]4(C)[C@@H]3CC[C@]12C. The summed E-state index contributed by atoms with van der Waals surface area (Å²) in [6.45, 7) is 12.4. The summed E-state index contributed by atoms with van der Waals surface area (Å²) in [6, 6.07) is 0. The molecule has 0 amide bonds. The Kier molecular flexibility index (Phi) is 5.80. The van der Waals surface area contributed by atoms with E-state index in [9.17, 15) is 5.11 Å². The molecule has 28 heavy (non-hydrogen) atoms. The predicted octanol–water partition coefficient (Wildman–Crippen LogP) is 7.24. The summed E-state index contributed by atoms with van der Waals surface area (Å²) in [6.07, 6.45) is 18.3. The van der Waals surface area contributed by atoms with E-state index >= 15 is 0 Å². The topological polar surface area (TPSA) is 20.2 Å². The normalized spacial score (nSPS) is 49.7. The lowest BCUT2D eigenvalue weighted by atomic mass is 9.44. The average Bonchev–Trinajstić information content (AvgIpc) is 2.99. The molecule has 0 saturated heterocycles. The van der Waals surface area contributed by atoms with Crippen molar-refractivity contribution < 1.29 is 5.11 Å². The van der Waals surface area contributed by atoms with E-state index in [0.717, 1.165) is 54.3 Å². The van der Waals surface area contributed by atoms with Crippen molar-refractivity contribution in [2.75, 3.05) is 0 Å². The van der Waals surface area contributed by atoms with Gasteiger partial charge in [0.25, 0.3) is 0 Å². The predicted molar refractivity (Wildman–Crippen MR) is 119 cm³/mol. The van der Waals surface area contributed by atoms with Crippen molar-refractivity contribution in [3.8, 4) is 0 Å². The molecular weight excluding hydrogens is 340 g/mol. The molecule has 4 fully saturated rings. The lowest BCUT2D eigenvalue weighted by Crippen LogP contribution is -2.54. The van der Waals surface area contributed by atoms with Gasteiger partial charge in [0.1, 0.15) is 0 Å². The fourth-order valence-corrected chi connectivity index (χ4v) is 8.84. The third kappa shape index (κ3) is 3.42. The minimum atomic E-state index is -0.0159. The molecule has 0 bridgehead atoms. The third-order valence-electron chi connectivity index (χ3n) is 10.4. The Balaban J connectivity index is 1.50. The summed E-state index contributed by atoms with van der Waals surface area (Å²) < 4.78 is 0. The highest BCUT2D eigenvalue weighted by molar-refractivity contribution is 5.11. The van der Waals surface area contributed by atoms with Crippen molar-refractivity contribution >= 4 is 0 Å². The Morgan fingerprint density at radius 2 is 1.61 bits per heavy atom. The summed E-state index contributed by atoms with van der Waals surface area (Å²) in [7, 11) is 0. The first-order valence-corrected chi connectivity index (χ1v) is 12.6. The third-order valence-corrected chi connectivity index (χ3v) is 10.4. The van der Waals surface area contributed by atoms with Crippen LogP contribution in [0, 0.1) is 52.3 Å². The van der Waals surface area contributed by atoms with Crippen molar-refractivity contribution in [3.63, 3.8) is 0 Å². The van der Waals surface area contributed by atoms with Gasteiger partial charge < -0.3 is 5.11 Å². The van der Waals surface area contributed by atoms with Gasteiger partial charge in [-0.05, 0) is 116 Å². The number of hydrogen-bond acceptors (Lipinski definition) is 1. The molecule has 0 aromatic heterocycles. The van der Waals surface area contributed by atoms with Gasteiger partial charge in [-0.15, -0.1) is 0 Å². The zero-order valence-corrected chi connectivity index (χ0v) is 19.3. The fraction of sp³-hybridized carbons (Fsp3) is 0.926. The molecule has 9 atom stereocenters. The molecular formula is C27H46O. The molecule has 1 N–H and O–H groups in total. The molecule has 4 aliphatic carbocycles. The zero-order valence-electron chi connectivity index (χ0n) is 19.3. The van der Waals surface area contributed by atoms with Gasteiger partial charge in [-0.3, -0.25) is 0 Å². The largest absolute Gasteiger partial charge is 0.393 e. The maximum Gasteiger partial charge on any atom is 0.0543 e. The molecule has 1 heteroatoms. The summed E-state index contributed by atoms with van der Waals surface area (Å²) in [5.74, 6) is 6.05. The van der Waals surface area contributed by atoms with Crippen LogP contribution >= 0.6 is 0 Å². The summed E-state index contributed by atoms with van der Waals surface area (Å²) in [5, 5.41) is 10.2. The first-order valence-electron chi connectivity index (χ1n) is 12.6. The Hall–Kier alpha value is -0.300. The van der Waals surface area contributed by atoms with Crippen molar-refractivity contribution in [2.45, 2.75) is 105 Å². The molecule has 4 rings (SSSR count). The zero-order chi connectivity index (χ0) is 20.1. The molecule has 0 heterocycles. The number of fused-ring (bicyclic) bond motifs is 5. The van der Waals surface area contributed by atoms with Gasteiger partial charge in [0, 0.05) is 0 Å². The van der Waals surface area contributed by atoms with E-state index in [1.165, 1.54) is 51.4 Å². The van der Waals surface area contributed by atoms with Crippen molar-refractivity contribution in [3.05, 3.63) is 12.2 Å². The maximum atomic E-state index is 10.2. The van der Waals surface area contributed by atoms with Crippen LogP contribution in [0.2, 0.25) is 0 Å². The van der Waals surface area contributed by atoms with Crippen molar-refractivity contribution in [1.82, 2.24) is 0 Å². The van der Waals surface area contributed by atoms with Gasteiger partial charge in [0.2, 0.25) is 0 Å². The second-order valence-corrected chi connectivity index (χ2v) is 12.2. The van der Waals surface area contributed by atoms with Crippen LogP contribution in [-0.2, 0) is 0 Å². The Labute approximate surface area is 174 Å². The van der Waals surface area contributed by atoms with Crippen LogP contribution in [0.1, 0.15) is 98.8 Å². The summed E-state index contributed by atoms with van der Waals surface area (Å²) in [5.41, 5.74) is 1.09. The van der Waals surface area contributed by atoms with Crippen molar-refractivity contribution in [1.29, 1.82) is 0 Å². The minimum absolute atomic E-state index is 0.0159. The monoisotopic (exact) mass is 386 g/mol. The van der Waals surface area contributed by atoms with E-state index in [1.54, 1.807) is 0 Å². The van der Waals surface area contributed by atoms with Crippen molar-refractivity contribution in [2.24, 2.45) is 52.3 Å². The molecule has 0 aromatic carbocycles. The van der Waals surface area contributed by atoms with Gasteiger partial charge >= 0.3 is 0 Å². The number of aliphatic hydroxyl groups is 1. The quantitative estimate of drug-likeness (QED) is 0.505. The van der Waals surface area contributed by atoms with Crippen LogP contribution in [0.15, 0.2) is 12.2 Å². The molecule has 160 valence electrons. The lowest BCUT2D eigenvalue weighted by Gasteiger charge is -2.61. The number of rotatable bonds is 4. The smallest absolute Gasteiger partial charge is 0.0543 e. The van der Waals surface area contributed by atoms with E-state index in [-0.39, 0.29) is 6.10 Å². The van der Waals surface area contributed by atoms with Gasteiger partial charge in [-0.1, -0.05) is 46.8 Å². The van der Waals surface area contributed by atoms with Crippen LogP contribution in [0.25, 0.3) is 0 Å². The number of allylic oxidation sites excluding steroid dienone is 2. The van der Waals surface area contributed by atoms with Gasteiger partial charge in [0.05, 0.1) is 6.10 Å². The molecule has 0 unspecified atom stereocenters. The lowest BCUT2D eigenvalue weighted by molar-refractivity contribution is -0.128. The van der Waals surface area contributed by atoms with E-state index in [1.807, 2.05) is 0 Å². The standard InChI is InChI=1S/C27H46O/c1-18(2)7-6-8-19(3)23-11-12-24-22-10-9-20-17-21(28)13-15-26(20,4)25(22)14-16-27(23,24)5/h6,8,18-25,28H,7,9-17H2,1-5H3/b8-6+/t19-,20-,21-,22-,23+,24-,25+,26+,27+/m0/s1. The maximum absolute atomic E-state index is 10.2. The van der Waals surface area contributed by atoms with E-state index in [0.29, 0.717) is 10.8 Å². The second-order valence-electron chi connectivity index (χ2n) is 12.2. The van der Waals surface area contributed by atoms with E-state index < -0.39 is 0 Å². The first kappa shape index (κ1) is 21.0. The molecule has 0 spiro atoms. The Bertz CT molecular complexity index is 579. The molecule has 4 aliphatic rings. The van der Waals surface area contributed by atoms with E-state index in [2.05, 4.69) is 46.8 Å². The molecule has 0 aliphatic heterocycles. The highest BCUT2D eigenvalue weighted by Gasteiger charge is 2.60. The molecule has 0 radical (unpaired) electrons. The summed E-state index contributed by atoms with van der Waals surface area (Å²) in [4.78, 5) is 0. The Morgan fingerprint density at radius 1 is 0.893 bits per heavy atom. The highest BCUT2D eigenvalue weighted by atomic mass is 16.3. The van der Waals surface area contributed by atoms with Gasteiger partial charge in [0.15, 0.2) is 0 Å². The molecule has 4 saturated carbocycles. The van der Waals surface area contributed by atoms with Crippen LogP contribution in [0.4, 0.5) is 0 Å². The number of hydrogen-bond donors (Lipinski definition) is 1. The summed E-state index contributed by atoms with van der Waals surface area (Å²) >= 11 is 0. The molecule has 0 aromatic rings. The van der Waals surface area contributed by atoms with Crippen LogP contribution < -0.4 is 0 Å². The second kappa shape index (κ2) is 7.75. The van der Waals surface area contributed by atoms with Gasteiger partial charge in [-0.25, -0.2) is 0 Å².